The van der Waals surface area contributed by atoms with Crippen molar-refractivity contribution in [2.45, 2.75) is 19.3 Å². The number of ether oxygens (including phenoxy) is 1. The number of methoxy groups -OCH3 is 1. The van der Waals surface area contributed by atoms with Crippen LogP contribution in [0.15, 0.2) is 0 Å². The van der Waals surface area contributed by atoms with Gasteiger partial charge in [0.15, 0.2) is 0 Å². The molecule has 7 heteroatoms. The number of aromatic amines is 1. The van der Waals surface area contributed by atoms with Crippen LogP contribution >= 0.6 is 0 Å². The largest absolute Gasteiger partial charge is 0.385 e. The third-order valence-electron chi connectivity index (χ3n) is 3.14. The first-order chi connectivity index (χ1) is 8.15. The van der Waals surface area contributed by atoms with Gasteiger partial charge in [0.25, 0.3) is 5.91 Å². The normalized spacial score (nSPS) is 16.8. The number of rotatable bonds is 6. The molecule has 94 valence electrons. The molecule has 1 aromatic heterocycles. The Morgan fingerprint density at radius 1 is 1.65 bits per heavy atom. The minimum atomic E-state index is -0.266. The first-order valence-electron chi connectivity index (χ1n) is 5.60. The van der Waals surface area contributed by atoms with E-state index in [0.29, 0.717) is 6.54 Å². The van der Waals surface area contributed by atoms with Gasteiger partial charge in [-0.15, -0.1) is 5.10 Å². The fourth-order valence-electron chi connectivity index (χ4n) is 1.74. The number of nitrogens with zero attached hydrogens (tertiary/aromatic N) is 2. The Labute approximate surface area is 99.1 Å². The van der Waals surface area contributed by atoms with Crippen LogP contribution in [-0.4, -0.2) is 41.3 Å². The molecule has 0 atom stereocenters. The lowest BCUT2D eigenvalue weighted by Crippen LogP contribution is -2.31. The summed E-state index contributed by atoms with van der Waals surface area (Å²) in [5.74, 6) is -0.0291. The zero-order chi connectivity index (χ0) is 12.3. The molecule has 1 heterocycles. The maximum atomic E-state index is 11.7. The Morgan fingerprint density at radius 3 is 2.94 bits per heavy atom. The molecule has 0 bridgehead atoms. The molecule has 2 rings (SSSR count). The van der Waals surface area contributed by atoms with Crippen molar-refractivity contribution in [2.75, 3.05) is 26.0 Å². The summed E-state index contributed by atoms with van der Waals surface area (Å²) in [6.45, 7) is 1.38. The van der Waals surface area contributed by atoms with Crippen molar-refractivity contribution >= 4 is 11.9 Å². The number of hydrogen-bond acceptors (Lipinski definition) is 5. The fourth-order valence-corrected chi connectivity index (χ4v) is 1.74. The monoisotopic (exact) mass is 239 g/mol. The second-order valence-corrected chi connectivity index (χ2v) is 4.47. The van der Waals surface area contributed by atoms with Gasteiger partial charge in [-0.3, -0.25) is 9.89 Å². The second-order valence-electron chi connectivity index (χ2n) is 4.47. The minimum absolute atomic E-state index is 0.0793. The number of H-pyrrole nitrogens is 1. The quantitative estimate of drug-likeness (QED) is 0.644. The molecule has 4 N–H and O–H groups in total. The lowest BCUT2D eigenvalue weighted by Gasteiger charge is -2.14. The second kappa shape index (κ2) is 4.70. The molecule has 1 aliphatic rings. The van der Waals surface area contributed by atoms with E-state index in [1.54, 1.807) is 7.11 Å². The van der Waals surface area contributed by atoms with Crippen molar-refractivity contribution < 1.29 is 9.53 Å². The number of nitrogens with one attached hydrogen (secondary N) is 2. The van der Waals surface area contributed by atoms with Gasteiger partial charge in [0.2, 0.25) is 11.8 Å². The van der Waals surface area contributed by atoms with Crippen LogP contribution in [0.4, 0.5) is 5.95 Å². The number of carbonyl (C=O) groups excluding carboxylic acids is 1. The highest BCUT2D eigenvalue weighted by Gasteiger charge is 2.42. The van der Waals surface area contributed by atoms with Crippen molar-refractivity contribution in [1.29, 1.82) is 0 Å². The minimum Gasteiger partial charge on any atom is -0.385 e. The molecule has 1 aliphatic carbocycles. The third kappa shape index (κ3) is 2.94. The van der Waals surface area contributed by atoms with E-state index in [1.807, 2.05) is 0 Å². The van der Waals surface area contributed by atoms with Crippen molar-refractivity contribution in [1.82, 2.24) is 20.5 Å². The van der Waals surface area contributed by atoms with Crippen LogP contribution in [0.3, 0.4) is 0 Å². The van der Waals surface area contributed by atoms with Gasteiger partial charge in [-0.1, -0.05) is 0 Å². The van der Waals surface area contributed by atoms with Gasteiger partial charge < -0.3 is 15.8 Å². The molecule has 17 heavy (non-hydrogen) atoms. The summed E-state index contributed by atoms with van der Waals surface area (Å²) in [6, 6.07) is 0. The number of nitrogens with two attached hydrogens (primary N) is 1. The first-order valence-corrected chi connectivity index (χ1v) is 5.60. The summed E-state index contributed by atoms with van der Waals surface area (Å²) >= 11 is 0. The molecule has 1 aromatic rings. The van der Waals surface area contributed by atoms with Crippen molar-refractivity contribution in [3.8, 4) is 0 Å². The predicted octanol–water partition coefficient (Wildman–Crippen LogP) is -0.0666. The predicted molar refractivity (Wildman–Crippen MR) is 61.3 cm³/mol. The highest BCUT2D eigenvalue weighted by Crippen LogP contribution is 2.48. The molecule has 0 radical (unpaired) electrons. The van der Waals surface area contributed by atoms with Crippen molar-refractivity contribution in [3.05, 3.63) is 5.82 Å². The van der Waals surface area contributed by atoms with Gasteiger partial charge in [-0.25, -0.2) is 0 Å². The zero-order valence-corrected chi connectivity index (χ0v) is 9.82. The summed E-state index contributed by atoms with van der Waals surface area (Å²) < 4.78 is 5.05. The summed E-state index contributed by atoms with van der Waals surface area (Å²) in [5.41, 5.74) is 5.55. The van der Waals surface area contributed by atoms with Crippen LogP contribution in [0.25, 0.3) is 0 Å². The van der Waals surface area contributed by atoms with E-state index < -0.39 is 0 Å². The number of aromatic nitrogens is 3. The van der Waals surface area contributed by atoms with Crippen molar-refractivity contribution in [3.63, 3.8) is 0 Å². The number of nitrogen functional groups attached to an aromatic ring is 1. The SMILES string of the molecule is COCCC1(CNC(=O)c2nc(N)n[nH]2)CC1. The molecule has 1 fully saturated rings. The molecule has 0 unspecified atom stereocenters. The van der Waals surface area contributed by atoms with Crippen LogP contribution in [-0.2, 0) is 4.74 Å². The average Bonchev–Trinajstić information content (AvgIpc) is 2.97. The standard InChI is InChI=1S/C10H17N5O2/c1-17-5-4-10(2-3-10)6-12-8(16)7-13-9(11)15-14-7/h2-6H2,1H3,(H,12,16)(H3,11,13,14,15). The Kier molecular flexibility index (Phi) is 3.28. The number of amides is 1. The zero-order valence-electron chi connectivity index (χ0n) is 9.82. The Hall–Kier alpha value is -1.63. The molecule has 7 nitrogen and oxygen atoms in total. The Bertz CT molecular complexity index is 399. The molecule has 0 spiro atoms. The van der Waals surface area contributed by atoms with Crippen LogP contribution < -0.4 is 11.1 Å². The number of carbonyl (C=O) groups is 1. The molecular weight excluding hydrogens is 222 g/mol. The molecule has 1 amide bonds. The van der Waals surface area contributed by atoms with Crippen LogP contribution in [0, 0.1) is 5.41 Å². The molecule has 1 saturated carbocycles. The Balaban J connectivity index is 1.80. The molecule has 0 aliphatic heterocycles. The Morgan fingerprint density at radius 2 is 2.41 bits per heavy atom. The van der Waals surface area contributed by atoms with E-state index >= 15 is 0 Å². The van der Waals surface area contributed by atoms with Gasteiger partial charge in [0.05, 0.1) is 0 Å². The maximum Gasteiger partial charge on any atom is 0.288 e. The van der Waals surface area contributed by atoms with E-state index in [0.717, 1.165) is 25.9 Å². The summed E-state index contributed by atoms with van der Waals surface area (Å²) in [7, 11) is 1.69. The van der Waals surface area contributed by atoms with Crippen LogP contribution in [0.5, 0.6) is 0 Å². The van der Waals surface area contributed by atoms with E-state index in [-0.39, 0.29) is 23.1 Å². The van der Waals surface area contributed by atoms with Gasteiger partial charge >= 0.3 is 0 Å². The molecule has 0 saturated heterocycles. The lowest BCUT2D eigenvalue weighted by atomic mass is 10.0. The topological polar surface area (TPSA) is 106 Å². The first kappa shape index (κ1) is 11.8. The number of hydrogen-bond donors (Lipinski definition) is 3. The highest BCUT2D eigenvalue weighted by molar-refractivity contribution is 5.90. The van der Waals surface area contributed by atoms with Gasteiger partial charge in [-0.2, -0.15) is 4.98 Å². The smallest absolute Gasteiger partial charge is 0.288 e. The van der Waals surface area contributed by atoms with E-state index in [1.165, 1.54) is 0 Å². The molecular formula is C10H17N5O2. The highest BCUT2D eigenvalue weighted by atomic mass is 16.5. The average molecular weight is 239 g/mol. The molecule has 0 aromatic carbocycles. The lowest BCUT2D eigenvalue weighted by molar-refractivity contribution is 0.0928. The number of anilines is 1. The van der Waals surface area contributed by atoms with Crippen molar-refractivity contribution in [2.24, 2.45) is 5.41 Å². The van der Waals surface area contributed by atoms with E-state index in [4.69, 9.17) is 10.5 Å². The van der Waals surface area contributed by atoms with Crippen LogP contribution in [0.2, 0.25) is 0 Å². The third-order valence-corrected chi connectivity index (χ3v) is 3.14. The summed E-state index contributed by atoms with van der Waals surface area (Å²) in [5, 5.41) is 8.93. The van der Waals surface area contributed by atoms with E-state index in [9.17, 15) is 4.79 Å². The van der Waals surface area contributed by atoms with Gasteiger partial charge in [-0.05, 0) is 24.7 Å². The van der Waals surface area contributed by atoms with Gasteiger partial charge in [0, 0.05) is 20.3 Å². The maximum absolute atomic E-state index is 11.7. The summed E-state index contributed by atoms with van der Waals surface area (Å²) in [4.78, 5) is 15.4. The van der Waals surface area contributed by atoms with E-state index in [2.05, 4.69) is 20.5 Å². The van der Waals surface area contributed by atoms with Crippen LogP contribution in [0.1, 0.15) is 29.9 Å². The fraction of sp³-hybridized carbons (Fsp3) is 0.700. The van der Waals surface area contributed by atoms with Gasteiger partial charge in [0.1, 0.15) is 0 Å². The summed E-state index contributed by atoms with van der Waals surface area (Å²) in [6.07, 6.45) is 3.24.